The molecule has 1 aliphatic heterocycles. The highest BCUT2D eigenvalue weighted by atomic mass is 19.4. The zero-order valence-electron chi connectivity index (χ0n) is 14.7. The first kappa shape index (κ1) is 18.1. The first-order chi connectivity index (χ1) is 12.3. The molecule has 4 saturated carbocycles. The van der Waals surface area contributed by atoms with Gasteiger partial charge in [0.05, 0.1) is 18.1 Å². The van der Waals surface area contributed by atoms with Crippen molar-refractivity contribution in [2.75, 3.05) is 19.6 Å². The van der Waals surface area contributed by atoms with Gasteiger partial charge in [-0.3, -0.25) is 4.90 Å². The Labute approximate surface area is 151 Å². The zero-order valence-corrected chi connectivity index (χ0v) is 14.7. The Morgan fingerprint density at radius 2 is 1.96 bits per heavy atom. The van der Waals surface area contributed by atoms with Crippen LogP contribution in [0.2, 0.25) is 0 Å². The third-order valence-electron chi connectivity index (χ3n) is 6.87. The van der Waals surface area contributed by atoms with Crippen LogP contribution in [0.15, 0.2) is 4.99 Å². The number of alkyl halides is 3. The van der Waals surface area contributed by atoms with E-state index in [1.807, 2.05) is 0 Å². The van der Waals surface area contributed by atoms with Crippen LogP contribution in [-0.2, 0) is 0 Å². The molecule has 0 aromatic rings. The van der Waals surface area contributed by atoms with Gasteiger partial charge in [0.1, 0.15) is 5.84 Å². The van der Waals surface area contributed by atoms with E-state index in [9.17, 15) is 18.3 Å². The highest BCUT2D eigenvalue weighted by Crippen LogP contribution is 2.55. The van der Waals surface area contributed by atoms with Crippen molar-refractivity contribution in [1.29, 1.82) is 5.26 Å². The highest BCUT2D eigenvalue weighted by molar-refractivity contribution is 5.85. The van der Waals surface area contributed by atoms with E-state index < -0.39 is 17.7 Å². The summed E-state index contributed by atoms with van der Waals surface area (Å²) in [7, 11) is 0. The number of aliphatic hydroxyl groups is 1. The molecule has 8 heteroatoms. The minimum absolute atomic E-state index is 0.0328. The Kier molecular flexibility index (Phi) is 4.43. The molecule has 0 aromatic carbocycles. The van der Waals surface area contributed by atoms with Crippen molar-refractivity contribution < 1.29 is 18.3 Å². The van der Waals surface area contributed by atoms with Gasteiger partial charge < -0.3 is 10.4 Å². The molecule has 4 aliphatic carbocycles. The second-order valence-corrected chi connectivity index (χ2v) is 8.79. The minimum atomic E-state index is -4.16. The Bertz CT molecular complexity index is 613. The van der Waals surface area contributed by atoms with Gasteiger partial charge in [-0.25, -0.2) is 0 Å². The molecule has 4 bridgehead atoms. The van der Waals surface area contributed by atoms with E-state index in [1.165, 1.54) is 0 Å². The summed E-state index contributed by atoms with van der Waals surface area (Å²) in [6.07, 6.45) is 2.34. The SMILES string of the molecule is N#C/N=C(\CN1CC[C@H](C(F)(F)F)C1)NC1C2CC3CC1CC(O)(C3)C2. The number of nitrogens with zero attached hydrogens (tertiary/aromatic N) is 3. The van der Waals surface area contributed by atoms with Crippen molar-refractivity contribution in [3.05, 3.63) is 0 Å². The molecule has 0 radical (unpaired) electrons. The van der Waals surface area contributed by atoms with Gasteiger partial charge in [-0.05, 0) is 62.8 Å². The van der Waals surface area contributed by atoms with Crippen molar-refractivity contribution in [2.45, 2.75) is 56.3 Å². The minimum Gasteiger partial charge on any atom is -0.390 e. The number of nitrogens with one attached hydrogen (secondary N) is 1. The second-order valence-electron chi connectivity index (χ2n) is 8.79. The maximum Gasteiger partial charge on any atom is 0.393 e. The Morgan fingerprint density at radius 1 is 1.27 bits per heavy atom. The van der Waals surface area contributed by atoms with Gasteiger partial charge in [0.25, 0.3) is 0 Å². The predicted octanol–water partition coefficient (Wildman–Crippen LogP) is 2.28. The molecule has 3 atom stereocenters. The fraction of sp³-hybridized carbons (Fsp3) is 0.889. The van der Waals surface area contributed by atoms with Crippen LogP contribution in [0.4, 0.5) is 13.2 Å². The molecular weight excluding hydrogens is 345 g/mol. The predicted molar refractivity (Wildman–Crippen MR) is 89.1 cm³/mol. The lowest BCUT2D eigenvalue weighted by molar-refractivity contribution is -0.170. The van der Waals surface area contributed by atoms with Gasteiger partial charge in [-0.1, -0.05) is 0 Å². The summed E-state index contributed by atoms with van der Waals surface area (Å²) in [5, 5.41) is 23.1. The van der Waals surface area contributed by atoms with Crippen LogP contribution < -0.4 is 5.32 Å². The smallest absolute Gasteiger partial charge is 0.390 e. The van der Waals surface area contributed by atoms with Crippen molar-refractivity contribution >= 4 is 5.84 Å². The monoisotopic (exact) mass is 370 g/mol. The van der Waals surface area contributed by atoms with E-state index in [4.69, 9.17) is 5.26 Å². The topological polar surface area (TPSA) is 71.7 Å². The lowest BCUT2D eigenvalue weighted by Gasteiger charge is -2.58. The molecule has 0 spiro atoms. The number of nitriles is 1. The van der Waals surface area contributed by atoms with Crippen LogP contribution in [0, 0.1) is 35.1 Å². The summed E-state index contributed by atoms with van der Waals surface area (Å²) in [4.78, 5) is 5.60. The van der Waals surface area contributed by atoms with Crippen LogP contribution in [-0.4, -0.2) is 53.3 Å². The summed E-state index contributed by atoms with van der Waals surface area (Å²) in [6.45, 7) is 0.592. The molecule has 2 N–H and O–H groups in total. The normalized spacial score (nSPS) is 42.9. The van der Waals surface area contributed by atoms with Gasteiger partial charge in [0.2, 0.25) is 6.19 Å². The molecule has 26 heavy (non-hydrogen) atoms. The molecule has 5 rings (SSSR count). The number of amidine groups is 1. The summed E-state index contributed by atoms with van der Waals surface area (Å²) >= 11 is 0. The van der Waals surface area contributed by atoms with Crippen molar-refractivity contribution in [3.8, 4) is 6.19 Å². The van der Waals surface area contributed by atoms with Crippen molar-refractivity contribution in [3.63, 3.8) is 0 Å². The molecular formula is C18H25F3N4O. The number of hydrogen-bond donors (Lipinski definition) is 2. The fourth-order valence-electron chi connectivity index (χ4n) is 6.04. The van der Waals surface area contributed by atoms with Gasteiger partial charge in [0.15, 0.2) is 0 Å². The van der Waals surface area contributed by atoms with Crippen LogP contribution in [0.25, 0.3) is 0 Å². The molecule has 1 saturated heterocycles. The van der Waals surface area contributed by atoms with E-state index in [1.54, 1.807) is 11.1 Å². The molecule has 5 nitrogen and oxygen atoms in total. The highest BCUT2D eigenvalue weighted by Gasteiger charge is 2.55. The Morgan fingerprint density at radius 3 is 2.50 bits per heavy atom. The summed E-state index contributed by atoms with van der Waals surface area (Å²) < 4.78 is 38.6. The molecule has 2 unspecified atom stereocenters. The van der Waals surface area contributed by atoms with Gasteiger partial charge in [0, 0.05) is 12.6 Å². The summed E-state index contributed by atoms with van der Waals surface area (Å²) in [6, 6.07) is 0.167. The van der Waals surface area contributed by atoms with Crippen LogP contribution in [0.5, 0.6) is 0 Å². The number of hydrogen-bond acceptors (Lipinski definition) is 4. The number of likely N-dealkylation sites (tertiary alicyclic amines) is 1. The van der Waals surface area contributed by atoms with E-state index in [2.05, 4.69) is 10.3 Å². The Balaban J connectivity index is 1.40. The van der Waals surface area contributed by atoms with E-state index >= 15 is 0 Å². The van der Waals surface area contributed by atoms with Crippen LogP contribution >= 0.6 is 0 Å². The van der Waals surface area contributed by atoms with E-state index in [-0.39, 0.29) is 25.6 Å². The molecule has 0 amide bonds. The van der Waals surface area contributed by atoms with Crippen molar-refractivity contribution in [2.24, 2.45) is 28.7 Å². The van der Waals surface area contributed by atoms with E-state index in [0.717, 1.165) is 32.1 Å². The number of rotatable bonds is 3. The molecule has 144 valence electrons. The maximum absolute atomic E-state index is 12.9. The van der Waals surface area contributed by atoms with Crippen LogP contribution in [0.3, 0.4) is 0 Å². The standard InChI is InChI=1S/C18H25F3N4O/c19-18(20,21)14-1-2-25(8-14)9-15(23-10-22)24-16-12-3-11-4-13(16)7-17(26,5-11)6-12/h11-14,16,26H,1-9H2,(H,23,24)/t11?,12?,13?,14-,16?,17?/m0/s1. The quantitative estimate of drug-likeness (QED) is 0.454. The first-order valence-corrected chi connectivity index (χ1v) is 9.49. The Hall–Kier alpha value is -1.33. The van der Waals surface area contributed by atoms with Gasteiger partial charge in [-0.2, -0.15) is 23.4 Å². The molecule has 5 fully saturated rings. The van der Waals surface area contributed by atoms with Gasteiger partial charge >= 0.3 is 6.18 Å². The zero-order chi connectivity index (χ0) is 18.5. The molecule has 5 aliphatic rings. The average Bonchev–Trinajstić information content (AvgIpc) is 2.98. The molecule has 0 aromatic heterocycles. The summed E-state index contributed by atoms with van der Waals surface area (Å²) in [5.74, 6) is 0.479. The van der Waals surface area contributed by atoms with Gasteiger partial charge in [-0.15, -0.1) is 0 Å². The average molecular weight is 370 g/mol. The maximum atomic E-state index is 12.9. The van der Waals surface area contributed by atoms with E-state index in [0.29, 0.717) is 30.1 Å². The summed E-state index contributed by atoms with van der Waals surface area (Å²) in [5.41, 5.74) is -0.532. The number of aliphatic imine (C=N–C) groups is 1. The third-order valence-corrected chi connectivity index (χ3v) is 6.87. The lowest BCUT2D eigenvalue weighted by atomic mass is 9.52. The third kappa shape index (κ3) is 3.44. The second kappa shape index (κ2) is 6.38. The largest absolute Gasteiger partial charge is 0.393 e. The first-order valence-electron chi connectivity index (χ1n) is 9.49. The van der Waals surface area contributed by atoms with Crippen LogP contribution in [0.1, 0.15) is 38.5 Å². The lowest BCUT2D eigenvalue weighted by Crippen LogP contribution is -2.62. The number of halogens is 3. The fourth-order valence-corrected chi connectivity index (χ4v) is 6.04. The molecule has 1 heterocycles. The van der Waals surface area contributed by atoms with Crippen molar-refractivity contribution in [1.82, 2.24) is 10.2 Å².